The third-order valence-corrected chi connectivity index (χ3v) is 3.36. The molecule has 0 aliphatic heterocycles. The first-order valence-electron chi connectivity index (χ1n) is 6.75. The average Bonchev–Trinajstić information content (AvgIpc) is 2.54. The molecule has 22 heavy (non-hydrogen) atoms. The Kier molecular flexibility index (Phi) is 3.41. The van der Waals surface area contributed by atoms with E-state index in [4.69, 9.17) is 5.73 Å². The zero-order chi connectivity index (χ0) is 15.7. The molecule has 0 aliphatic rings. The van der Waals surface area contributed by atoms with Gasteiger partial charge in [-0.2, -0.15) is 5.26 Å². The van der Waals surface area contributed by atoms with E-state index in [-0.39, 0.29) is 5.56 Å². The van der Waals surface area contributed by atoms with Gasteiger partial charge in [0.25, 0.3) is 5.56 Å². The van der Waals surface area contributed by atoms with Crippen LogP contribution in [0.15, 0.2) is 47.5 Å². The third-order valence-electron chi connectivity index (χ3n) is 3.36. The molecular weight excluding hydrogens is 278 g/mol. The van der Waals surface area contributed by atoms with E-state index < -0.39 is 6.04 Å². The topological polar surface area (TPSA) is 97.6 Å². The van der Waals surface area contributed by atoms with E-state index in [1.165, 1.54) is 4.57 Å². The first-order valence-corrected chi connectivity index (χ1v) is 6.75. The van der Waals surface area contributed by atoms with E-state index in [9.17, 15) is 10.1 Å². The molecule has 108 valence electrons. The second kappa shape index (κ2) is 5.39. The molecule has 0 bridgehead atoms. The summed E-state index contributed by atoms with van der Waals surface area (Å²) in [6.45, 7) is 1.76. The summed E-state index contributed by atoms with van der Waals surface area (Å²) in [5.74, 6) is 0.431. The van der Waals surface area contributed by atoms with Crippen molar-refractivity contribution in [2.24, 2.45) is 5.73 Å². The zero-order valence-corrected chi connectivity index (χ0v) is 11.9. The Morgan fingerprint density at radius 3 is 2.77 bits per heavy atom. The Bertz CT molecular complexity index is 938. The van der Waals surface area contributed by atoms with Crippen LogP contribution in [-0.2, 0) is 0 Å². The van der Waals surface area contributed by atoms with Gasteiger partial charge in [-0.05, 0) is 31.2 Å². The fourth-order valence-corrected chi connectivity index (χ4v) is 2.38. The second-order valence-corrected chi connectivity index (χ2v) is 4.92. The number of hydrogen-bond acceptors (Lipinski definition) is 5. The molecule has 0 spiro atoms. The van der Waals surface area contributed by atoms with E-state index in [2.05, 4.69) is 9.97 Å². The molecule has 1 unspecified atom stereocenters. The summed E-state index contributed by atoms with van der Waals surface area (Å²) in [6.07, 6.45) is 3.19. The predicted molar refractivity (Wildman–Crippen MR) is 82.5 cm³/mol. The monoisotopic (exact) mass is 291 g/mol. The van der Waals surface area contributed by atoms with Crippen molar-refractivity contribution >= 4 is 10.9 Å². The maximum absolute atomic E-state index is 12.9. The number of pyridine rings is 1. The van der Waals surface area contributed by atoms with Crippen LogP contribution in [0.1, 0.15) is 24.4 Å². The van der Waals surface area contributed by atoms with Crippen molar-refractivity contribution in [3.8, 4) is 11.8 Å². The number of aromatic nitrogens is 3. The van der Waals surface area contributed by atoms with Crippen LogP contribution in [0.5, 0.6) is 0 Å². The largest absolute Gasteiger partial charge is 0.322 e. The highest BCUT2D eigenvalue weighted by Crippen LogP contribution is 2.18. The maximum Gasteiger partial charge on any atom is 0.267 e. The van der Waals surface area contributed by atoms with Crippen LogP contribution in [0.2, 0.25) is 0 Å². The van der Waals surface area contributed by atoms with E-state index in [0.717, 1.165) is 0 Å². The third kappa shape index (κ3) is 2.14. The molecule has 0 amide bonds. The van der Waals surface area contributed by atoms with E-state index in [1.807, 2.05) is 6.07 Å². The van der Waals surface area contributed by atoms with Crippen LogP contribution >= 0.6 is 0 Å². The van der Waals surface area contributed by atoms with Crippen LogP contribution in [-0.4, -0.2) is 14.5 Å². The van der Waals surface area contributed by atoms with Gasteiger partial charge in [-0.25, -0.2) is 4.98 Å². The highest BCUT2D eigenvalue weighted by atomic mass is 16.1. The highest BCUT2D eigenvalue weighted by Gasteiger charge is 2.17. The minimum absolute atomic E-state index is 0.290. The molecule has 6 nitrogen and oxygen atoms in total. The number of nitrogens with two attached hydrogens (primary N) is 1. The molecule has 0 saturated heterocycles. The minimum atomic E-state index is -0.442. The second-order valence-electron chi connectivity index (χ2n) is 4.92. The minimum Gasteiger partial charge on any atom is -0.322 e. The van der Waals surface area contributed by atoms with Crippen LogP contribution in [0.3, 0.4) is 0 Å². The van der Waals surface area contributed by atoms with E-state index in [1.54, 1.807) is 49.6 Å². The lowest BCUT2D eigenvalue weighted by Crippen LogP contribution is -2.28. The number of rotatable bonds is 2. The number of fused-ring (bicyclic) bond motifs is 1. The molecule has 2 N–H and O–H groups in total. The number of benzene rings is 1. The average molecular weight is 291 g/mol. The Labute approximate surface area is 126 Å². The van der Waals surface area contributed by atoms with Gasteiger partial charge in [-0.1, -0.05) is 6.07 Å². The highest BCUT2D eigenvalue weighted by molar-refractivity contribution is 5.84. The Morgan fingerprint density at radius 1 is 1.32 bits per heavy atom. The van der Waals surface area contributed by atoms with Crippen molar-refractivity contribution in [3.05, 3.63) is 64.5 Å². The molecule has 0 radical (unpaired) electrons. The molecular formula is C16H13N5O. The number of hydrogen-bond donors (Lipinski definition) is 1. The molecule has 0 fully saturated rings. The predicted octanol–water partition coefficient (Wildman–Crippen LogP) is 1.67. The summed E-state index contributed by atoms with van der Waals surface area (Å²) in [6, 6.07) is 10.1. The van der Waals surface area contributed by atoms with E-state index >= 15 is 0 Å². The molecule has 2 aromatic heterocycles. The SMILES string of the molecule is CC(N)c1nc2cccc(C#N)c2c(=O)n1-c1cccnc1. The quantitative estimate of drug-likeness (QED) is 0.774. The van der Waals surface area contributed by atoms with Crippen molar-refractivity contribution < 1.29 is 0 Å². The van der Waals surface area contributed by atoms with Crippen LogP contribution in [0.25, 0.3) is 16.6 Å². The zero-order valence-electron chi connectivity index (χ0n) is 11.9. The first kappa shape index (κ1) is 13.9. The summed E-state index contributed by atoms with van der Waals surface area (Å²) < 4.78 is 1.42. The molecule has 2 heterocycles. The molecule has 6 heteroatoms. The smallest absolute Gasteiger partial charge is 0.267 e. The molecule has 0 aliphatic carbocycles. The van der Waals surface area contributed by atoms with Crippen molar-refractivity contribution in [1.29, 1.82) is 5.26 Å². The summed E-state index contributed by atoms with van der Waals surface area (Å²) in [5.41, 5.74) is 6.99. The van der Waals surface area contributed by atoms with Crippen molar-refractivity contribution in [2.45, 2.75) is 13.0 Å². The Morgan fingerprint density at radius 2 is 2.14 bits per heavy atom. The number of nitrogens with zero attached hydrogens (tertiary/aromatic N) is 4. The van der Waals surface area contributed by atoms with Gasteiger partial charge < -0.3 is 5.73 Å². The van der Waals surface area contributed by atoms with Gasteiger partial charge in [0.15, 0.2) is 0 Å². The first-order chi connectivity index (χ1) is 10.6. The molecule has 3 aromatic rings. The Balaban J connectivity index is 2.50. The lowest BCUT2D eigenvalue weighted by Gasteiger charge is -2.15. The Hall–Kier alpha value is -3.04. The van der Waals surface area contributed by atoms with E-state index in [0.29, 0.717) is 28.0 Å². The van der Waals surface area contributed by atoms with Crippen LogP contribution in [0.4, 0.5) is 0 Å². The van der Waals surface area contributed by atoms with Crippen LogP contribution < -0.4 is 11.3 Å². The lowest BCUT2D eigenvalue weighted by molar-refractivity contribution is 0.695. The van der Waals surface area contributed by atoms with Gasteiger partial charge in [-0.15, -0.1) is 0 Å². The van der Waals surface area contributed by atoms with Crippen molar-refractivity contribution in [1.82, 2.24) is 14.5 Å². The maximum atomic E-state index is 12.9. The molecule has 1 aromatic carbocycles. The summed E-state index contributed by atoms with van der Waals surface area (Å²) >= 11 is 0. The number of nitriles is 1. The fraction of sp³-hybridized carbons (Fsp3) is 0.125. The molecule has 3 rings (SSSR count). The van der Waals surface area contributed by atoms with Crippen molar-refractivity contribution in [2.75, 3.05) is 0 Å². The summed E-state index contributed by atoms with van der Waals surface area (Å²) in [7, 11) is 0. The fourth-order valence-electron chi connectivity index (χ4n) is 2.38. The summed E-state index contributed by atoms with van der Waals surface area (Å²) in [5, 5.41) is 9.53. The van der Waals surface area contributed by atoms with Gasteiger partial charge >= 0.3 is 0 Å². The van der Waals surface area contributed by atoms with Crippen molar-refractivity contribution in [3.63, 3.8) is 0 Å². The van der Waals surface area contributed by atoms with Gasteiger partial charge in [-0.3, -0.25) is 14.3 Å². The van der Waals surface area contributed by atoms with Crippen LogP contribution in [0, 0.1) is 11.3 Å². The molecule has 0 saturated carbocycles. The van der Waals surface area contributed by atoms with Gasteiger partial charge in [0.2, 0.25) is 0 Å². The normalized spacial score (nSPS) is 12.0. The standard InChI is InChI=1S/C16H13N5O/c1-10(18)15-20-13-6-2-4-11(8-17)14(13)16(22)21(15)12-5-3-7-19-9-12/h2-7,9-10H,18H2,1H3. The summed E-state index contributed by atoms with van der Waals surface area (Å²) in [4.78, 5) is 21.4. The van der Waals surface area contributed by atoms with Gasteiger partial charge in [0.05, 0.1) is 34.4 Å². The lowest BCUT2D eigenvalue weighted by atomic mass is 10.1. The van der Waals surface area contributed by atoms with Gasteiger partial charge in [0.1, 0.15) is 11.9 Å². The molecule has 1 atom stereocenters. The van der Waals surface area contributed by atoms with Gasteiger partial charge in [0, 0.05) is 6.20 Å².